The van der Waals surface area contributed by atoms with Crippen molar-refractivity contribution in [2.75, 3.05) is 11.8 Å². The lowest BCUT2D eigenvalue weighted by Crippen LogP contribution is -2.44. The Morgan fingerprint density at radius 2 is 1.86 bits per heavy atom. The number of hydrogen-bond donors (Lipinski definition) is 2. The summed E-state index contributed by atoms with van der Waals surface area (Å²) in [5.41, 5.74) is -0.864. The third kappa shape index (κ3) is 3.73. The molecule has 0 spiro atoms. The van der Waals surface area contributed by atoms with E-state index in [0.717, 1.165) is 19.3 Å². The molecular formula is C8H16ClNO3S. The Hall–Kier alpha value is 0.160. The lowest BCUT2D eigenvalue weighted by atomic mass is 9.85. The third-order valence-corrected chi connectivity index (χ3v) is 4.28. The summed E-state index contributed by atoms with van der Waals surface area (Å²) in [5, 5.41) is 9.50. The van der Waals surface area contributed by atoms with Gasteiger partial charge in [-0.1, -0.05) is 19.3 Å². The van der Waals surface area contributed by atoms with Crippen molar-refractivity contribution >= 4 is 21.6 Å². The van der Waals surface area contributed by atoms with E-state index < -0.39 is 20.8 Å². The molecule has 0 unspecified atom stereocenters. The van der Waals surface area contributed by atoms with Crippen molar-refractivity contribution in [3.63, 3.8) is 0 Å². The molecule has 1 saturated carbocycles. The molecule has 6 heteroatoms. The summed E-state index contributed by atoms with van der Waals surface area (Å²) < 4.78 is 24.4. The summed E-state index contributed by atoms with van der Waals surface area (Å²) in [4.78, 5) is 0. The van der Waals surface area contributed by atoms with Gasteiger partial charge in [0.15, 0.2) is 0 Å². The predicted octanol–water partition coefficient (Wildman–Crippen LogP) is 0.797. The van der Waals surface area contributed by atoms with Crippen molar-refractivity contribution < 1.29 is 13.5 Å². The van der Waals surface area contributed by atoms with Gasteiger partial charge >= 0.3 is 0 Å². The summed E-state index contributed by atoms with van der Waals surface area (Å²) in [6.45, 7) is 0.0854. The van der Waals surface area contributed by atoms with Gasteiger partial charge in [0.2, 0.25) is 10.0 Å². The molecule has 0 aromatic heterocycles. The molecule has 1 aliphatic carbocycles. The highest BCUT2D eigenvalue weighted by atomic mass is 35.5. The Morgan fingerprint density at radius 1 is 1.29 bits per heavy atom. The normalized spacial score (nSPS) is 22.1. The van der Waals surface area contributed by atoms with Gasteiger partial charge in [0, 0.05) is 6.54 Å². The van der Waals surface area contributed by atoms with Crippen molar-refractivity contribution in [2.45, 2.75) is 37.7 Å². The zero-order valence-electron chi connectivity index (χ0n) is 8.00. The summed E-state index contributed by atoms with van der Waals surface area (Å²) >= 11 is 5.22. The van der Waals surface area contributed by atoms with Crippen molar-refractivity contribution in [1.29, 1.82) is 0 Å². The van der Waals surface area contributed by atoms with E-state index in [4.69, 9.17) is 11.6 Å². The molecule has 0 heterocycles. The fourth-order valence-corrected chi connectivity index (χ4v) is 2.47. The Morgan fingerprint density at radius 3 is 2.36 bits per heavy atom. The van der Waals surface area contributed by atoms with Gasteiger partial charge in [0.05, 0.1) is 5.60 Å². The van der Waals surface area contributed by atoms with Crippen molar-refractivity contribution in [3.8, 4) is 0 Å². The van der Waals surface area contributed by atoms with E-state index in [-0.39, 0.29) is 6.54 Å². The van der Waals surface area contributed by atoms with Gasteiger partial charge in [-0.05, 0) is 12.8 Å². The molecule has 0 saturated heterocycles. The quantitative estimate of drug-likeness (QED) is 0.716. The minimum absolute atomic E-state index is 0.0854. The zero-order valence-corrected chi connectivity index (χ0v) is 9.57. The molecule has 0 bridgehead atoms. The summed E-state index contributed by atoms with van der Waals surface area (Å²) in [7, 11) is -3.40. The van der Waals surface area contributed by atoms with E-state index in [1.54, 1.807) is 0 Å². The van der Waals surface area contributed by atoms with Crippen LogP contribution in [0.25, 0.3) is 0 Å². The first-order valence-corrected chi connectivity index (χ1v) is 6.92. The highest BCUT2D eigenvalue weighted by Gasteiger charge is 2.30. The van der Waals surface area contributed by atoms with Crippen LogP contribution in [-0.2, 0) is 10.0 Å². The SMILES string of the molecule is O=S(=O)(CCl)NCC1(O)CCCCC1. The third-order valence-electron chi connectivity index (χ3n) is 2.55. The maximum absolute atomic E-state index is 11.0. The molecule has 1 aliphatic rings. The molecule has 2 N–H and O–H groups in total. The van der Waals surface area contributed by atoms with Crippen LogP contribution in [0.4, 0.5) is 0 Å². The highest BCUT2D eigenvalue weighted by Crippen LogP contribution is 2.27. The molecule has 84 valence electrons. The van der Waals surface area contributed by atoms with Crippen LogP contribution in [0.5, 0.6) is 0 Å². The summed E-state index contributed by atoms with van der Waals surface area (Å²) in [6, 6.07) is 0. The number of hydrogen-bond acceptors (Lipinski definition) is 3. The molecule has 0 amide bonds. The van der Waals surface area contributed by atoms with Gasteiger partial charge in [-0.25, -0.2) is 13.1 Å². The van der Waals surface area contributed by atoms with E-state index in [1.807, 2.05) is 0 Å². The molecule has 1 fully saturated rings. The van der Waals surface area contributed by atoms with E-state index in [0.29, 0.717) is 12.8 Å². The van der Waals surface area contributed by atoms with E-state index in [2.05, 4.69) is 4.72 Å². The first kappa shape index (κ1) is 12.2. The smallest absolute Gasteiger partial charge is 0.225 e. The Balaban J connectivity index is 2.43. The maximum atomic E-state index is 11.0. The maximum Gasteiger partial charge on any atom is 0.225 e. The number of nitrogens with one attached hydrogen (secondary N) is 1. The molecule has 1 rings (SSSR count). The lowest BCUT2D eigenvalue weighted by Gasteiger charge is -2.31. The average molecular weight is 242 g/mol. The van der Waals surface area contributed by atoms with E-state index in [1.165, 1.54) is 0 Å². The van der Waals surface area contributed by atoms with Crippen molar-refractivity contribution in [2.24, 2.45) is 0 Å². The largest absolute Gasteiger partial charge is 0.389 e. The molecule has 4 nitrogen and oxygen atoms in total. The monoisotopic (exact) mass is 241 g/mol. The molecule has 0 aliphatic heterocycles. The van der Waals surface area contributed by atoms with Gasteiger partial charge in [-0.15, -0.1) is 11.6 Å². The van der Waals surface area contributed by atoms with Gasteiger partial charge < -0.3 is 5.11 Å². The Labute approximate surface area is 89.7 Å². The van der Waals surface area contributed by atoms with Crippen LogP contribution in [0.1, 0.15) is 32.1 Å². The summed E-state index contributed by atoms with van der Waals surface area (Å²) in [5.74, 6) is 0. The van der Waals surface area contributed by atoms with Crippen LogP contribution in [0.15, 0.2) is 0 Å². The Kier molecular flexibility index (Phi) is 4.18. The molecule has 0 aromatic rings. The molecule has 0 aromatic carbocycles. The van der Waals surface area contributed by atoms with Crippen LogP contribution >= 0.6 is 11.6 Å². The number of sulfonamides is 1. The molecule has 0 radical (unpaired) electrons. The number of alkyl halides is 1. The van der Waals surface area contributed by atoms with Gasteiger partial charge in [0.25, 0.3) is 0 Å². The van der Waals surface area contributed by atoms with Crippen LogP contribution in [0, 0.1) is 0 Å². The first-order chi connectivity index (χ1) is 6.47. The number of rotatable bonds is 4. The summed E-state index contributed by atoms with van der Waals surface area (Å²) in [6.07, 6.45) is 4.36. The molecular weight excluding hydrogens is 226 g/mol. The van der Waals surface area contributed by atoms with E-state index in [9.17, 15) is 13.5 Å². The van der Waals surface area contributed by atoms with Gasteiger partial charge in [0.1, 0.15) is 5.21 Å². The van der Waals surface area contributed by atoms with E-state index >= 15 is 0 Å². The lowest BCUT2D eigenvalue weighted by molar-refractivity contribution is 0.00948. The first-order valence-electron chi connectivity index (χ1n) is 4.73. The second-order valence-corrected chi connectivity index (χ2v) is 6.22. The topological polar surface area (TPSA) is 66.4 Å². The minimum Gasteiger partial charge on any atom is -0.389 e. The minimum atomic E-state index is -3.40. The number of aliphatic hydroxyl groups is 1. The van der Waals surface area contributed by atoms with Gasteiger partial charge in [-0.3, -0.25) is 0 Å². The average Bonchev–Trinajstić information content (AvgIpc) is 2.17. The fourth-order valence-electron chi connectivity index (χ4n) is 1.67. The van der Waals surface area contributed by atoms with Gasteiger partial charge in [-0.2, -0.15) is 0 Å². The van der Waals surface area contributed by atoms with Crippen LogP contribution in [0.2, 0.25) is 0 Å². The second kappa shape index (κ2) is 4.79. The Bertz CT molecular complexity index is 272. The van der Waals surface area contributed by atoms with Crippen molar-refractivity contribution in [3.05, 3.63) is 0 Å². The van der Waals surface area contributed by atoms with Crippen LogP contribution < -0.4 is 4.72 Å². The zero-order chi connectivity index (χ0) is 10.7. The molecule has 14 heavy (non-hydrogen) atoms. The van der Waals surface area contributed by atoms with Crippen molar-refractivity contribution in [1.82, 2.24) is 4.72 Å². The molecule has 0 atom stereocenters. The highest BCUT2D eigenvalue weighted by molar-refractivity contribution is 7.90. The van der Waals surface area contributed by atoms with Crippen LogP contribution in [-0.4, -0.2) is 30.9 Å². The second-order valence-electron chi connectivity index (χ2n) is 3.83. The predicted molar refractivity (Wildman–Crippen MR) is 55.7 cm³/mol. The number of halogens is 1. The fraction of sp³-hybridized carbons (Fsp3) is 1.00. The standard InChI is InChI=1S/C8H16ClNO3S/c9-7-14(12,13)10-6-8(11)4-2-1-3-5-8/h10-11H,1-7H2. The van der Waals surface area contributed by atoms with Crippen LogP contribution in [0.3, 0.4) is 0 Å².